The highest BCUT2D eigenvalue weighted by Gasteiger charge is 2.56. The lowest BCUT2D eigenvalue weighted by Gasteiger charge is -2.43. The van der Waals surface area contributed by atoms with Gasteiger partial charge in [-0.15, -0.1) is 0 Å². The Hall–Kier alpha value is -2.36. The molecule has 3 aromatic carbocycles. The third-order valence-corrected chi connectivity index (χ3v) is 12.8. The zero-order valence-corrected chi connectivity index (χ0v) is 20.5. The molecule has 3 heteroatoms. The van der Waals surface area contributed by atoms with Crippen molar-refractivity contribution in [3.8, 4) is 5.75 Å². The van der Waals surface area contributed by atoms with Crippen molar-refractivity contribution < 1.29 is 9.53 Å². The fourth-order valence-corrected chi connectivity index (χ4v) is 10.5. The van der Waals surface area contributed by atoms with Gasteiger partial charge in [0.25, 0.3) is 0 Å². The highest BCUT2D eigenvalue weighted by atomic mass is 28.4. The number of fused-ring (bicyclic) bond motifs is 3. The van der Waals surface area contributed by atoms with Crippen molar-refractivity contribution in [2.24, 2.45) is 5.41 Å². The summed E-state index contributed by atoms with van der Waals surface area (Å²) in [6.07, 6.45) is 4.37. The summed E-state index contributed by atoms with van der Waals surface area (Å²) in [5, 5.41) is 12.6. The van der Waals surface area contributed by atoms with E-state index in [1.165, 1.54) is 21.5 Å². The quantitative estimate of drug-likeness (QED) is 0.534. The molecule has 166 valence electrons. The van der Waals surface area contributed by atoms with Crippen molar-refractivity contribution in [3.63, 3.8) is 0 Å². The van der Waals surface area contributed by atoms with E-state index in [9.17, 15) is 5.11 Å². The summed E-state index contributed by atoms with van der Waals surface area (Å²) in [6, 6.07) is 28.4. The second-order valence-corrected chi connectivity index (χ2v) is 14.9. The molecule has 2 nitrogen and oxygen atoms in total. The van der Waals surface area contributed by atoms with Crippen LogP contribution in [0.3, 0.4) is 0 Å². The van der Waals surface area contributed by atoms with Gasteiger partial charge in [-0.25, -0.2) is 0 Å². The van der Waals surface area contributed by atoms with Gasteiger partial charge in [0.2, 0.25) is 0 Å². The third-order valence-electron chi connectivity index (χ3n) is 7.83. The molecule has 2 atom stereocenters. The van der Waals surface area contributed by atoms with E-state index in [0.29, 0.717) is 12.5 Å². The fraction of sp³-hybridized carbons (Fsp3) is 0.379. The van der Waals surface area contributed by atoms with E-state index in [2.05, 4.69) is 99.6 Å². The zero-order valence-electron chi connectivity index (χ0n) is 19.5. The van der Waals surface area contributed by atoms with Crippen molar-refractivity contribution in [1.82, 2.24) is 0 Å². The molecule has 0 amide bonds. The van der Waals surface area contributed by atoms with Gasteiger partial charge in [0.1, 0.15) is 5.75 Å². The van der Waals surface area contributed by atoms with Gasteiger partial charge in [-0.3, -0.25) is 0 Å². The van der Waals surface area contributed by atoms with Crippen LogP contribution in [-0.4, -0.2) is 20.0 Å². The number of benzene rings is 3. The minimum absolute atomic E-state index is 0.0579. The molecule has 5 rings (SSSR count). The summed E-state index contributed by atoms with van der Waals surface area (Å²) in [5.74, 6) is 1.53. The fourth-order valence-electron chi connectivity index (χ4n) is 6.02. The van der Waals surface area contributed by atoms with Crippen LogP contribution in [0.5, 0.6) is 5.75 Å². The Morgan fingerprint density at radius 2 is 1.53 bits per heavy atom. The van der Waals surface area contributed by atoms with Crippen molar-refractivity contribution in [2.75, 3.05) is 6.61 Å². The van der Waals surface area contributed by atoms with Crippen LogP contribution in [0.15, 0.2) is 78.9 Å². The average molecular weight is 443 g/mol. The van der Waals surface area contributed by atoms with Crippen LogP contribution in [0.2, 0.25) is 5.04 Å². The highest BCUT2D eigenvalue weighted by molar-refractivity contribution is 7.00. The maximum Gasteiger partial charge on any atom is 0.319 e. The number of aliphatic hydroxyl groups is 1. The van der Waals surface area contributed by atoms with Crippen LogP contribution in [-0.2, 0) is 6.42 Å². The standard InChI is InChI=1S/C29H34O2Si/c1-28(2,3)32(22-12-6-4-7-13-22,23-14-8-5-9-15-23)31-27-18-10-16-24-25(27)17-11-19-29(21-30)20-26(24)29/h4-10,12-16,18,26,30H,11,17,19-21H2,1-3H3. The highest BCUT2D eigenvalue weighted by Crippen LogP contribution is 2.64. The smallest absolute Gasteiger partial charge is 0.319 e. The first-order valence-electron chi connectivity index (χ1n) is 11.9. The van der Waals surface area contributed by atoms with E-state index in [4.69, 9.17) is 4.43 Å². The summed E-state index contributed by atoms with van der Waals surface area (Å²) in [4.78, 5) is 0. The summed E-state index contributed by atoms with van der Waals surface area (Å²) < 4.78 is 7.40. The van der Waals surface area contributed by atoms with Gasteiger partial charge in [-0.2, -0.15) is 0 Å². The molecular weight excluding hydrogens is 408 g/mol. The van der Waals surface area contributed by atoms with E-state index in [1.54, 1.807) is 0 Å². The van der Waals surface area contributed by atoms with E-state index >= 15 is 0 Å². The van der Waals surface area contributed by atoms with E-state index < -0.39 is 8.32 Å². The lowest BCUT2D eigenvalue weighted by Crippen LogP contribution is -2.68. The van der Waals surface area contributed by atoms with Gasteiger partial charge < -0.3 is 9.53 Å². The Morgan fingerprint density at radius 3 is 2.09 bits per heavy atom. The van der Waals surface area contributed by atoms with Crippen LogP contribution < -0.4 is 14.8 Å². The average Bonchev–Trinajstić information content (AvgIpc) is 3.54. The predicted octanol–water partition coefficient (Wildman–Crippen LogP) is 5.43. The molecule has 0 aliphatic heterocycles. The minimum Gasteiger partial charge on any atom is -0.534 e. The molecule has 3 aromatic rings. The molecule has 0 saturated heterocycles. The third kappa shape index (κ3) is 3.34. The first-order valence-corrected chi connectivity index (χ1v) is 13.8. The summed E-state index contributed by atoms with van der Waals surface area (Å²) in [7, 11) is -2.65. The molecule has 0 heterocycles. The number of rotatable bonds is 5. The van der Waals surface area contributed by atoms with Crippen LogP contribution in [0, 0.1) is 5.41 Å². The van der Waals surface area contributed by atoms with E-state index in [-0.39, 0.29) is 10.5 Å². The molecule has 0 spiro atoms. The molecule has 2 unspecified atom stereocenters. The summed E-state index contributed by atoms with van der Waals surface area (Å²) in [5.41, 5.74) is 2.90. The molecule has 0 bridgehead atoms. The van der Waals surface area contributed by atoms with E-state index in [1.807, 2.05) is 0 Å². The molecule has 2 aliphatic carbocycles. The monoisotopic (exact) mass is 442 g/mol. The van der Waals surface area contributed by atoms with Crippen LogP contribution in [0.25, 0.3) is 0 Å². The lowest BCUT2D eigenvalue weighted by molar-refractivity contribution is 0.197. The Bertz CT molecular complexity index is 1050. The second-order valence-electron chi connectivity index (χ2n) is 10.7. The van der Waals surface area contributed by atoms with Crippen molar-refractivity contribution in [3.05, 3.63) is 90.0 Å². The molecule has 2 aliphatic rings. The van der Waals surface area contributed by atoms with Crippen molar-refractivity contribution >= 4 is 18.7 Å². The Morgan fingerprint density at radius 1 is 0.906 bits per heavy atom. The molecule has 1 N–H and O–H groups in total. The molecule has 1 saturated carbocycles. The lowest BCUT2D eigenvalue weighted by atomic mass is 9.97. The summed E-state index contributed by atoms with van der Waals surface area (Å²) in [6.45, 7) is 7.30. The first-order chi connectivity index (χ1) is 15.4. The maximum absolute atomic E-state index is 10.1. The van der Waals surface area contributed by atoms with Gasteiger partial charge in [-0.05, 0) is 64.2 Å². The Labute approximate surface area is 193 Å². The van der Waals surface area contributed by atoms with Gasteiger partial charge in [-0.1, -0.05) is 93.6 Å². The van der Waals surface area contributed by atoms with Gasteiger partial charge in [0, 0.05) is 12.0 Å². The van der Waals surface area contributed by atoms with Crippen LogP contribution >= 0.6 is 0 Å². The first kappa shape index (κ1) is 21.5. The SMILES string of the molecule is CC(C)(C)[Si](Oc1cccc2c1CCCC1(CO)CC21)(c1ccccc1)c1ccccc1. The van der Waals surface area contributed by atoms with Crippen LogP contribution in [0.4, 0.5) is 0 Å². The Kier molecular flexibility index (Phi) is 5.30. The largest absolute Gasteiger partial charge is 0.534 e. The molecular formula is C29H34O2Si. The summed E-state index contributed by atoms with van der Waals surface area (Å²) >= 11 is 0. The molecule has 0 aromatic heterocycles. The molecule has 32 heavy (non-hydrogen) atoms. The topological polar surface area (TPSA) is 29.5 Å². The number of hydrogen-bond acceptors (Lipinski definition) is 2. The van der Waals surface area contributed by atoms with E-state index in [0.717, 1.165) is 31.4 Å². The number of hydrogen-bond donors (Lipinski definition) is 1. The zero-order chi connectivity index (χ0) is 22.4. The normalized spacial score (nSPS) is 22.4. The predicted molar refractivity (Wildman–Crippen MR) is 135 cm³/mol. The van der Waals surface area contributed by atoms with Gasteiger partial charge in [0.05, 0.1) is 0 Å². The maximum atomic E-state index is 10.1. The second kappa shape index (κ2) is 7.89. The Balaban J connectivity index is 1.68. The molecule has 0 radical (unpaired) electrons. The van der Waals surface area contributed by atoms with Crippen molar-refractivity contribution in [2.45, 2.75) is 57.4 Å². The van der Waals surface area contributed by atoms with Crippen molar-refractivity contribution in [1.29, 1.82) is 0 Å². The minimum atomic E-state index is -2.65. The van der Waals surface area contributed by atoms with Crippen LogP contribution in [0.1, 0.15) is 57.1 Å². The van der Waals surface area contributed by atoms with Gasteiger partial charge >= 0.3 is 8.32 Å². The molecule has 1 fully saturated rings. The van der Waals surface area contributed by atoms with Gasteiger partial charge in [0.15, 0.2) is 0 Å². The number of aliphatic hydroxyl groups excluding tert-OH is 1.